The van der Waals surface area contributed by atoms with E-state index in [0.717, 1.165) is 0 Å². The predicted octanol–water partition coefficient (Wildman–Crippen LogP) is 2.50. The van der Waals surface area contributed by atoms with E-state index in [4.69, 9.17) is 14.2 Å². The summed E-state index contributed by atoms with van der Waals surface area (Å²) >= 11 is 0. The molecule has 0 saturated carbocycles. The zero-order valence-electron chi connectivity index (χ0n) is 9.81. The second kappa shape index (κ2) is 5.10. The summed E-state index contributed by atoms with van der Waals surface area (Å²) in [5, 5.41) is 8.63. The third kappa shape index (κ3) is 7.54. The van der Waals surface area contributed by atoms with Gasteiger partial charge in [0.25, 0.3) is 0 Å². The van der Waals surface area contributed by atoms with Crippen LogP contribution in [0.1, 0.15) is 34.6 Å². The lowest BCUT2D eigenvalue weighted by atomic mass is 10.2. The van der Waals surface area contributed by atoms with Gasteiger partial charge < -0.3 is 14.2 Å². The van der Waals surface area contributed by atoms with Crippen LogP contribution in [0.4, 0.5) is 0 Å². The topological polar surface area (TPSA) is 72.8 Å². The Labute approximate surface area is 90.3 Å². The van der Waals surface area contributed by atoms with Gasteiger partial charge in [0.2, 0.25) is 0 Å². The molecule has 0 rings (SSSR count). The third-order valence-corrected chi connectivity index (χ3v) is 3.34. The maximum absolute atomic E-state index is 12.0. The molecule has 0 heterocycles. The van der Waals surface area contributed by atoms with Gasteiger partial charge in [-0.2, -0.15) is 0 Å². The fourth-order valence-electron chi connectivity index (χ4n) is 0.995. The minimum Gasteiger partial charge on any atom is -0.481 e. The van der Waals surface area contributed by atoms with Crippen LogP contribution in [0.3, 0.4) is 0 Å². The van der Waals surface area contributed by atoms with Crippen LogP contribution in [0.15, 0.2) is 0 Å². The molecule has 0 saturated heterocycles. The fourth-order valence-corrected chi connectivity index (χ4v) is 2.99. The lowest BCUT2D eigenvalue weighted by Crippen LogP contribution is -2.22. The Hall–Kier alpha value is -0.380. The van der Waals surface area contributed by atoms with Gasteiger partial charge in [-0.25, -0.2) is 0 Å². The van der Waals surface area contributed by atoms with Crippen LogP contribution in [0.2, 0.25) is 0 Å². The molecule has 0 amide bonds. The number of carboxylic acids is 1. The highest BCUT2D eigenvalue weighted by molar-refractivity contribution is 7.54. The predicted molar refractivity (Wildman–Crippen MR) is 57.2 cm³/mol. The van der Waals surface area contributed by atoms with Crippen molar-refractivity contribution in [3.8, 4) is 0 Å². The molecular weight excluding hydrogens is 219 g/mol. The SMILES string of the molecule is CC(C)OP(=O)(CC(=O)O)OC(C)(C)C. The van der Waals surface area contributed by atoms with Crippen LogP contribution in [0, 0.1) is 0 Å². The number of aliphatic carboxylic acids is 1. The molecule has 90 valence electrons. The molecule has 5 nitrogen and oxygen atoms in total. The van der Waals surface area contributed by atoms with Gasteiger partial charge in [0.15, 0.2) is 0 Å². The van der Waals surface area contributed by atoms with E-state index >= 15 is 0 Å². The van der Waals surface area contributed by atoms with E-state index in [2.05, 4.69) is 0 Å². The van der Waals surface area contributed by atoms with E-state index in [1.165, 1.54) is 0 Å². The van der Waals surface area contributed by atoms with Crippen molar-refractivity contribution in [2.75, 3.05) is 6.16 Å². The summed E-state index contributed by atoms with van der Waals surface area (Å²) in [4.78, 5) is 10.6. The standard InChI is InChI=1S/C9H19O5P/c1-7(2)13-15(12,6-8(10)11)14-9(3,4)5/h7H,6H2,1-5H3,(H,10,11). The third-order valence-electron chi connectivity index (χ3n) is 1.11. The van der Waals surface area contributed by atoms with E-state index in [1.54, 1.807) is 34.6 Å². The Bertz CT molecular complexity index is 266. The number of carboxylic acid groups (broad SMARTS) is 1. The molecule has 0 aliphatic rings. The monoisotopic (exact) mass is 238 g/mol. The van der Waals surface area contributed by atoms with Crippen LogP contribution in [0.25, 0.3) is 0 Å². The Kier molecular flexibility index (Phi) is 4.97. The number of carbonyl (C=O) groups is 1. The Morgan fingerprint density at radius 3 is 2.13 bits per heavy atom. The van der Waals surface area contributed by atoms with Crippen LogP contribution < -0.4 is 0 Å². The molecule has 0 fully saturated rings. The highest BCUT2D eigenvalue weighted by atomic mass is 31.2. The molecule has 0 radical (unpaired) electrons. The molecular formula is C9H19O5P. The summed E-state index contributed by atoms with van der Waals surface area (Å²) in [5.74, 6) is -1.19. The van der Waals surface area contributed by atoms with E-state index < -0.39 is 25.3 Å². The molecule has 0 aliphatic heterocycles. The molecule has 15 heavy (non-hydrogen) atoms. The molecule has 0 aromatic rings. The Morgan fingerprint density at radius 2 is 1.87 bits per heavy atom. The first-order chi connectivity index (χ1) is 6.54. The molecule has 0 bridgehead atoms. The summed E-state index contributed by atoms with van der Waals surface area (Å²) in [6, 6.07) is 0. The quantitative estimate of drug-likeness (QED) is 0.745. The maximum atomic E-state index is 12.0. The van der Waals surface area contributed by atoms with Gasteiger partial charge in [-0.3, -0.25) is 9.36 Å². The van der Waals surface area contributed by atoms with Crippen LogP contribution in [-0.4, -0.2) is 28.9 Å². The molecule has 0 aromatic heterocycles. The second-order valence-corrected chi connectivity index (χ2v) is 6.45. The lowest BCUT2D eigenvalue weighted by molar-refractivity contribution is -0.134. The van der Waals surface area contributed by atoms with E-state index in [-0.39, 0.29) is 6.10 Å². The van der Waals surface area contributed by atoms with Gasteiger partial charge in [0.05, 0.1) is 11.7 Å². The van der Waals surface area contributed by atoms with Crippen molar-refractivity contribution >= 4 is 13.6 Å². The van der Waals surface area contributed by atoms with Crippen molar-refractivity contribution in [2.24, 2.45) is 0 Å². The Balaban J connectivity index is 4.70. The van der Waals surface area contributed by atoms with Crippen molar-refractivity contribution in [1.29, 1.82) is 0 Å². The minimum atomic E-state index is -3.55. The number of rotatable bonds is 5. The van der Waals surface area contributed by atoms with Gasteiger partial charge in [-0.1, -0.05) is 0 Å². The zero-order valence-corrected chi connectivity index (χ0v) is 10.7. The van der Waals surface area contributed by atoms with Crippen LogP contribution >= 0.6 is 7.60 Å². The van der Waals surface area contributed by atoms with Crippen molar-refractivity contribution in [2.45, 2.75) is 46.3 Å². The summed E-state index contributed by atoms with van der Waals surface area (Å²) in [6.45, 7) is 8.46. The number of hydrogen-bond acceptors (Lipinski definition) is 4. The first-order valence-corrected chi connectivity index (χ1v) is 6.47. The van der Waals surface area contributed by atoms with Gasteiger partial charge in [0, 0.05) is 0 Å². The summed E-state index contributed by atoms with van der Waals surface area (Å²) in [7, 11) is -3.55. The highest BCUT2D eigenvalue weighted by Gasteiger charge is 2.34. The molecule has 0 aliphatic carbocycles. The highest BCUT2D eigenvalue weighted by Crippen LogP contribution is 2.52. The van der Waals surface area contributed by atoms with Crippen molar-refractivity contribution in [3.05, 3.63) is 0 Å². The first-order valence-electron chi connectivity index (χ1n) is 4.74. The summed E-state index contributed by atoms with van der Waals surface area (Å²) in [6.07, 6.45) is -0.944. The summed E-state index contributed by atoms with van der Waals surface area (Å²) < 4.78 is 22.3. The van der Waals surface area contributed by atoms with Crippen LogP contribution in [-0.2, 0) is 18.4 Å². The second-order valence-electron chi connectivity index (χ2n) is 4.52. The average molecular weight is 238 g/mol. The summed E-state index contributed by atoms with van der Waals surface area (Å²) in [5.41, 5.74) is -0.695. The first kappa shape index (κ1) is 14.6. The van der Waals surface area contributed by atoms with Crippen LogP contribution in [0.5, 0.6) is 0 Å². The van der Waals surface area contributed by atoms with Gasteiger partial charge in [0.1, 0.15) is 6.16 Å². The molecule has 1 atom stereocenters. The largest absolute Gasteiger partial charge is 0.481 e. The average Bonchev–Trinajstić information content (AvgIpc) is 1.73. The normalized spacial score (nSPS) is 16.4. The lowest BCUT2D eigenvalue weighted by Gasteiger charge is -2.27. The molecule has 0 aromatic carbocycles. The van der Waals surface area contributed by atoms with E-state index in [0.29, 0.717) is 0 Å². The Morgan fingerprint density at radius 1 is 1.40 bits per heavy atom. The van der Waals surface area contributed by atoms with Gasteiger partial charge in [-0.05, 0) is 34.6 Å². The van der Waals surface area contributed by atoms with Gasteiger partial charge in [-0.15, -0.1) is 0 Å². The zero-order chi connectivity index (χ0) is 12.3. The maximum Gasteiger partial charge on any atom is 0.342 e. The smallest absolute Gasteiger partial charge is 0.342 e. The van der Waals surface area contributed by atoms with Crippen molar-refractivity contribution in [3.63, 3.8) is 0 Å². The van der Waals surface area contributed by atoms with Crippen molar-refractivity contribution in [1.82, 2.24) is 0 Å². The van der Waals surface area contributed by atoms with E-state index in [1.807, 2.05) is 0 Å². The molecule has 1 unspecified atom stereocenters. The van der Waals surface area contributed by atoms with E-state index in [9.17, 15) is 9.36 Å². The van der Waals surface area contributed by atoms with Crippen molar-refractivity contribution < 1.29 is 23.5 Å². The molecule has 1 N–H and O–H groups in total. The molecule has 6 heteroatoms. The molecule has 0 spiro atoms. The number of hydrogen-bond donors (Lipinski definition) is 1. The fraction of sp³-hybridized carbons (Fsp3) is 0.889. The van der Waals surface area contributed by atoms with Gasteiger partial charge >= 0.3 is 13.6 Å². The minimum absolute atomic E-state index is 0.336.